The van der Waals surface area contributed by atoms with E-state index in [0.29, 0.717) is 6.61 Å². The standard InChI is InChI=1S/C12H16O3/c1-3-8-15-11-6-4-10(5-7-11)9(2)12(13)14/h4-7,9H,3,8H2,1-2H3,(H,13,14)/t9-/m0/s1. The van der Waals surface area contributed by atoms with Gasteiger partial charge in [0, 0.05) is 0 Å². The molecule has 0 bridgehead atoms. The highest BCUT2D eigenvalue weighted by molar-refractivity contribution is 5.75. The van der Waals surface area contributed by atoms with Gasteiger partial charge in [0.15, 0.2) is 0 Å². The van der Waals surface area contributed by atoms with E-state index in [1.54, 1.807) is 19.1 Å². The maximum Gasteiger partial charge on any atom is 0.310 e. The van der Waals surface area contributed by atoms with Gasteiger partial charge in [0.1, 0.15) is 5.75 Å². The predicted octanol–water partition coefficient (Wildman–Crippen LogP) is 2.66. The highest BCUT2D eigenvalue weighted by atomic mass is 16.5. The number of hydrogen-bond donors (Lipinski definition) is 1. The molecule has 15 heavy (non-hydrogen) atoms. The maximum atomic E-state index is 10.7. The number of ether oxygens (including phenoxy) is 1. The third kappa shape index (κ3) is 3.27. The van der Waals surface area contributed by atoms with Gasteiger partial charge in [-0.25, -0.2) is 0 Å². The lowest BCUT2D eigenvalue weighted by Crippen LogP contribution is -2.07. The molecule has 1 N–H and O–H groups in total. The maximum absolute atomic E-state index is 10.7. The molecule has 0 saturated heterocycles. The van der Waals surface area contributed by atoms with Gasteiger partial charge >= 0.3 is 5.97 Å². The first kappa shape index (κ1) is 11.6. The minimum absolute atomic E-state index is 0.467. The van der Waals surface area contributed by atoms with Crippen LogP contribution in [0.15, 0.2) is 24.3 Å². The molecule has 1 atom stereocenters. The summed E-state index contributed by atoms with van der Waals surface area (Å²) in [6, 6.07) is 7.21. The topological polar surface area (TPSA) is 46.5 Å². The molecule has 82 valence electrons. The number of carboxylic acids is 1. The molecule has 3 nitrogen and oxygen atoms in total. The highest BCUT2D eigenvalue weighted by Gasteiger charge is 2.12. The first-order valence-corrected chi connectivity index (χ1v) is 5.10. The fourth-order valence-corrected chi connectivity index (χ4v) is 1.22. The molecule has 0 amide bonds. The molecule has 1 aromatic rings. The molecule has 0 aliphatic carbocycles. The van der Waals surface area contributed by atoms with Crippen LogP contribution in [0.5, 0.6) is 5.75 Å². The van der Waals surface area contributed by atoms with Crippen LogP contribution in [0.2, 0.25) is 0 Å². The third-order valence-electron chi connectivity index (χ3n) is 2.22. The highest BCUT2D eigenvalue weighted by Crippen LogP contribution is 2.19. The SMILES string of the molecule is CCCOc1ccc([C@H](C)C(=O)O)cc1. The molecule has 0 fully saturated rings. The van der Waals surface area contributed by atoms with E-state index in [1.165, 1.54) is 0 Å². The minimum Gasteiger partial charge on any atom is -0.494 e. The molecule has 0 radical (unpaired) electrons. The first-order valence-electron chi connectivity index (χ1n) is 5.10. The fourth-order valence-electron chi connectivity index (χ4n) is 1.22. The summed E-state index contributed by atoms with van der Waals surface area (Å²) in [5.41, 5.74) is 0.798. The monoisotopic (exact) mass is 208 g/mol. The third-order valence-corrected chi connectivity index (χ3v) is 2.22. The van der Waals surface area contributed by atoms with Crippen LogP contribution in [0.4, 0.5) is 0 Å². The number of benzene rings is 1. The Bertz CT molecular complexity index is 316. The van der Waals surface area contributed by atoms with E-state index in [4.69, 9.17) is 9.84 Å². The van der Waals surface area contributed by atoms with Gasteiger partial charge in [0.2, 0.25) is 0 Å². The molecule has 0 unspecified atom stereocenters. The minimum atomic E-state index is -0.808. The zero-order valence-corrected chi connectivity index (χ0v) is 9.06. The Hall–Kier alpha value is -1.51. The van der Waals surface area contributed by atoms with Crippen LogP contribution in [0.25, 0.3) is 0 Å². The Kier molecular flexibility index (Phi) is 4.16. The second-order valence-corrected chi connectivity index (χ2v) is 3.48. The lowest BCUT2D eigenvalue weighted by Gasteiger charge is -2.08. The second kappa shape index (κ2) is 5.39. The summed E-state index contributed by atoms with van der Waals surface area (Å²) in [4.78, 5) is 10.7. The van der Waals surface area contributed by atoms with Crippen molar-refractivity contribution in [1.29, 1.82) is 0 Å². The van der Waals surface area contributed by atoms with Crippen molar-refractivity contribution in [2.45, 2.75) is 26.2 Å². The average Bonchev–Trinajstić information content (AvgIpc) is 2.26. The van der Waals surface area contributed by atoms with E-state index in [2.05, 4.69) is 0 Å². The van der Waals surface area contributed by atoms with E-state index >= 15 is 0 Å². The van der Waals surface area contributed by atoms with Crippen molar-refractivity contribution >= 4 is 5.97 Å². The van der Waals surface area contributed by atoms with Crippen molar-refractivity contribution in [2.24, 2.45) is 0 Å². The van der Waals surface area contributed by atoms with Crippen LogP contribution in [0, 0.1) is 0 Å². The molecular weight excluding hydrogens is 192 g/mol. The van der Waals surface area contributed by atoms with E-state index in [-0.39, 0.29) is 0 Å². The molecule has 0 aliphatic heterocycles. The largest absolute Gasteiger partial charge is 0.494 e. The number of aliphatic carboxylic acids is 1. The molecule has 3 heteroatoms. The van der Waals surface area contributed by atoms with Crippen molar-refractivity contribution in [2.75, 3.05) is 6.61 Å². The molecule has 0 aliphatic rings. The van der Waals surface area contributed by atoms with E-state index in [0.717, 1.165) is 17.7 Å². The second-order valence-electron chi connectivity index (χ2n) is 3.48. The summed E-state index contributed by atoms with van der Waals surface area (Å²) in [5, 5.41) is 8.81. The van der Waals surface area contributed by atoms with Crippen molar-refractivity contribution in [3.63, 3.8) is 0 Å². The number of carboxylic acid groups (broad SMARTS) is 1. The van der Waals surface area contributed by atoms with Gasteiger partial charge in [-0.2, -0.15) is 0 Å². The zero-order valence-electron chi connectivity index (χ0n) is 9.06. The van der Waals surface area contributed by atoms with Crippen LogP contribution in [-0.4, -0.2) is 17.7 Å². The molecule has 0 aromatic heterocycles. The van der Waals surface area contributed by atoms with Crippen LogP contribution in [0.3, 0.4) is 0 Å². The Balaban J connectivity index is 2.67. The zero-order chi connectivity index (χ0) is 11.3. The Morgan fingerprint density at radius 1 is 1.40 bits per heavy atom. The van der Waals surface area contributed by atoms with Crippen molar-refractivity contribution in [1.82, 2.24) is 0 Å². The summed E-state index contributed by atoms with van der Waals surface area (Å²) in [6.07, 6.45) is 0.966. The van der Waals surface area contributed by atoms with Crippen molar-refractivity contribution < 1.29 is 14.6 Å². The van der Waals surface area contributed by atoms with Gasteiger partial charge in [-0.05, 0) is 31.0 Å². The van der Waals surface area contributed by atoms with Crippen LogP contribution < -0.4 is 4.74 Å². The average molecular weight is 208 g/mol. The number of hydrogen-bond acceptors (Lipinski definition) is 2. The molecule has 0 saturated carbocycles. The normalized spacial score (nSPS) is 12.1. The number of rotatable bonds is 5. The van der Waals surface area contributed by atoms with E-state index in [9.17, 15) is 4.79 Å². The summed E-state index contributed by atoms with van der Waals surface area (Å²) in [7, 11) is 0. The molecule has 0 heterocycles. The lowest BCUT2D eigenvalue weighted by atomic mass is 10.0. The molecule has 1 aromatic carbocycles. The Morgan fingerprint density at radius 3 is 2.47 bits per heavy atom. The number of carbonyl (C=O) groups is 1. The lowest BCUT2D eigenvalue weighted by molar-refractivity contribution is -0.138. The van der Waals surface area contributed by atoms with Crippen molar-refractivity contribution in [3.05, 3.63) is 29.8 Å². The van der Waals surface area contributed by atoms with E-state index in [1.807, 2.05) is 19.1 Å². The van der Waals surface area contributed by atoms with E-state index < -0.39 is 11.9 Å². The van der Waals surface area contributed by atoms with Crippen LogP contribution in [-0.2, 0) is 4.79 Å². The van der Waals surface area contributed by atoms with Gasteiger partial charge in [-0.1, -0.05) is 19.1 Å². The van der Waals surface area contributed by atoms with Crippen molar-refractivity contribution in [3.8, 4) is 5.75 Å². The van der Waals surface area contributed by atoms with Gasteiger partial charge < -0.3 is 9.84 Å². The summed E-state index contributed by atoms with van der Waals surface area (Å²) in [6.45, 7) is 4.40. The van der Waals surface area contributed by atoms with Gasteiger partial charge in [-0.3, -0.25) is 4.79 Å². The summed E-state index contributed by atoms with van der Waals surface area (Å²) in [5.74, 6) is -0.486. The quantitative estimate of drug-likeness (QED) is 0.809. The van der Waals surface area contributed by atoms with Crippen LogP contribution in [0.1, 0.15) is 31.7 Å². The summed E-state index contributed by atoms with van der Waals surface area (Å²) >= 11 is 0. The predicted molar refractivity (Wildman–Crippen MR) is 58.3 cm³/mol. The molecular formula is C12H16O3. The fraction of sp³-hybridized carbons (Fsp3) is 0.417. The molecule has 1 rings (SSSR count). The Morgan fingerprint density at radius 2 is 2.00 bits per heavy atom. The summed E-state index contributed by atoms with van der Waals surface area (Å²) < 4.78 is 5.40. The first-order chi connectivity index (χ1) is 7.15. The van der Waals surface area contributed by atoms with Gasteiger partial charge in [0.05, 0.1) is 12.5 Å². The Labute approximate surface area is 89.7 Å². The molecule has 0 spiro atoms. The van der Waals surface area contributed by atoms with Gasteiger partial charge in [-0.15, -0.1) is 0 Å². The van der Waals surface area contributed by atoms with Crippen LogP contribution >= 0.6 is 0 Å². The van der Waals surface area contributed by atoms with Gasteiger partial charge in [0.25, 0.3) is 0 Å². The smallest absolute Gasteiger partial charge is 0.310 e.